The number of allylic oxidation sites excluding steroid dienone is 1. The third kappa shape index (κ3) is 4.75. The Kier molecular flexibility index (Phi) is 6.25. The lowest BCUT2D eigenvalue weighted by Gasteiger charge is -2.34. The van der Waals surface area contributed by atoms with E-state index in [9.17, 15) is 4.79 Å². The number of methoxy groups -OCH3 is 1. The van der Waals surface area contributed by atoms with Crippen LogP contribution in [0.5, 0.6) is 11.5 Å². The zero-order valence-corrected chi connectivity index (χ0v) is 15.7. The van der Waals surface area contributed by atoms with E-state index in [4.69, 9.17) is 9.47 Å². The van der Waals surface area contributed by atoms with Gasteiger partial charge in [0, 0.05) is 38.6 Å². The largest absolute Gasteiger partial charge is 0.493 e. The van der Waals surface area contributed by atoms with Gasteiger partial charge < -0.3 is 19.3 Å². The molecule has 0 spiro atoms. The van der Waals surface area contributed by atoms with E-state index in [1.165, 1.54) is 0 Å². The minimum Gasteiger partial charge on any atom is -0.493 e. The second kappa shape index (κ2) is 9.02. The van der Waals surface area contributed by atoms with Crippen molar-refractivity contribution >= 4 is 17.9 Å². The Balaban J connectivity index is 1.53. The maximum absolute atomic E-state index is 12.5. The smallest absolute Gasteiger partial charge is 0.260 e. The molecule has 1 aromatic heterocycles. The molecule has 0 bridgehead atoms. The lowest BCUT2D eigenvalue weighted by atomic mass is 10.2. The molecule has 0 N–H and O–H groups in total. The molecule has 3 rings (SSSR count). The molecule has 7 nitrogen and oxygen atoms in total. The van der Waals surface area contributed by atoms with Crippen LogP contribution < -0.4 is 14.4 Å². The highest BCUT2D eigenvalue weighted by Crippen LogP contribution is 2.28. The summed E-state index contributed by atoms with van der Waals surface area (Å²) < 4.78 is 11.1. The van der Waals surface area contributed by atoms with Crippen molar-refractivity contribution in [2.45, 2.75) is 6.92 Å². The van der Waals surface area contributed by atoms with Crippen molar-refractivity contribution in [1.29, 1.82) is 0 Å². The molecule has 0 atom stereocenters. The first kappa shape index (κ1) is 18.7. The van der Waals surface area contributed by atoms with Gasteiger partial charge in [-0.2, -0.15) is 0 Å². The van der Waals surface area contributed by atoms with Gasteiger partial charge in [-0.05, 0) is 30.7 Å². The SMILES string of the molecule is CC=Cc1ccc(OCC(=O)N2CCN(c3ncccn3)CC2)c(OC)c1. The van der Waals surface area contributed by atoms with E-state index < -0.39 is 0 Å². The zero-order valence-electron chi connectivity index (χ0n) is 15.7. The van der Waals surface area contributed by atoms with E-state index in [1.807, 2.05) is 37.3 Å². The van der Waals surface area contributed by atoms with Crippen molar-refractivity contribution in [3.05, 3.63) is 48.3 Å². The molecule has 1 aliphatic heterocycles. The highest BCUT2D eigenvalue weighted by atomic mass is 16.5. The standard InChI is InChI=1S/C20H24N4O3/c1-3-5-16-6-7-17(18(14-16)26-2)27-15-19(25)23-10-12-24(13-11-23)20-21-8-4-9-22-20/h3-9,14H,10-13,15H2,1-2H3. The van der Waals surface area contributed by atoms with Crippen LogP contribution in [0.1, 0.15) is 12.5 Å². The van der Waals surface area contributed by atoms with Gasteiger partial charge in [-0.25, -0.2) is 9.97 Å². The second-order valence-electron chi connectivity index (χ2n) is 6.12. The summed E-state index contributed by atoms with van der Waals surface area (Å²) in [6.45, 7) is 4.60. The number of hydrogen-bond donors (Lipinski definition) is 0. The van der Waals surface area contributed by atoms with E-state index in [1.54, 1.807) is 30.5 Å². The molecule has 2 heterocycles. The third-order valence-corrected chi connectivity index (χ3v) is 4.37. The number of carbonyl (C=O) groups is 1. The van der Waals surface area contributed by atoms with E-state index >= 15 is 0 Å². The maximum atomic E-state index is 12.5. The predicted octanol–water partition coefficient (Wildman–Crippen LogP) is 2.25. The number of benzene rings is 1. The lowest BCUT2D eigenvalue weighted by Crippen LogP contribution is -2.50. The maximum Gasteiger partial charge on any atom is 0.260 e. The van der Waals surface area contributed by atoms with Gasteiger partial charge in [0.05, 0.1) is 7.11 Å². The van der Waals surface area contributed by atoms with Crippen LogP contribution >= 0.6 is 0 Å². The summed E-state index contributed by atoms with van der Waals surface area (Å²) >= 11 is 0. The first-order valence-electron chi connectivity index (χ1n) is 8.94. The number of piperazine rings is 1. The highest BCUT2D eigenvalue weighted by Gasteiger charge is 2.23. The van der Waals surface area contributed by atoms with E-state index in [2.05, 4.69) is 14.9 Å². The molecule has 27 heavy (non-hydrogen) atoms. The van der Waals surface area contributed by atoms with Crippen LogP contribution in [-0.2, 0) is 4.79 Å². The first-order chi connectivity index (χ1) is 13.2. The molecule has 0 unspecified atom stereocenters. The Labute approximate surface area is 159 Å². The summed E-state index contributed by atoms with van der Waals surface area (Å²) in [5.74, 6) is 1.84. The number of aromatic nitrogens is 2. The minimum absolute atomic E-state index is 0.0127. The van der Waals surface area contributed by atoms with Crippen molar-refractivity contribution < 1.29 is 14.3 Å². The van der Waals surface area contributed by atoms with Crippen LogP contribution in [0.25, 0.3) is 6.08 Å². The van der Waals surface area contributed by atoms with Gasteiger partial charge in [0.1, 0.15) is 0 Å². The molecule has 0 aliphatic carbocycles. The minimum atomic E-state index is -0.0387. The molecule has 1 amide bonds. The summed E-state index contributed by atoms with van der Waals surface area (Å²) in [5.41, 5.74) is 1.02. The van der Waals surface area contributed by atoms with Crippen LogP contribution in [0.3, 0.4) is 0 Å². The molecule has 1 saturated heterocycles. The number of hydrogen-bond acceptors (Lipinski definition) is 6. The summed E-state index contributed by atoms with van der Waals surface area (Å²) in [4.78, 5) is 24.9. The van der Waals surface area contributed by atoms with Crippen molar-refractivity contribution in [2.75, 3.05) is 44.8 Å². The summed E-state index contributed by atoms with van der Waals surface area (Å²) in [7, 11) is 1.59. The molecule has 0 radical (unpaired) electrons. The second-order valence-corrected chi connectivity index (χ2v) is 6.12. The van der Waals surface area contributed by atoms with Gasteiger partial charge in [0.25, 0.3) is 5.91 Å². The summed E-state index contributed by atoms with van der Waals surface area (Å²) in [5, 5.41) is 0. The molecule has 1 aliphatic rings. The summed E-state index contributed by atoms with van der Waals surface area (Å²) in [6.07, 6.45) is 7.39. The Morgan fingerprint density at radius 2 is 1.89 bits per heavy atom. The number of carbonyl (C=O) groups excluding carboxylic acids is 1. The molecule has 7 heteroatoms. The molecular weight excluding hydrogens is 344 g/mol. The monoisotopic (exact) mass is 368 g/mol. The van der Waals surface area contributed by atoms with Crippen LogP contribution in [0.2, 0.25) is 0 Å². The topological polar surface area (TPSA) is 67.8 Å². The number of anilines is 1. The van der Waals surface area contributed by atoms with Gasteiger partial charge in [0.2, 0.25) is 5.95 Å². The quantitative estimate of drug-likeness (QED) is 0.779. The van der Waals surface area contributed by atoms with Crippen molar-refractivity contribution in [1.82, 2.24) is 14.9 Å². The van der Waals surface area contributed by atoms with Gasteiger partial charge in [-0.1, -0.05) is 18.2 Å². The number of amides is 1. The van der Waals surface area contributed by atoms with Crippen LogP contribution in [0.4, 0.5) is 5.95 Å². The molecule has 2 aromatic rings. The summed E-state index contributed by atoms with van der Waals surface area (Å²) in [6, 6.07) is 7.44. The molecule has 1 aromatic carbocycles. The first-order valence-corrected chi connectivity index (χ1v) is 8.94. The molecule has 142 valence electrons. The Bertz CT molecular complexity index is 787. The van der Waals surface area contributed by atoms with Crippen molar-refractivity contribution in [2.24, 2.45) is 0 Å². The Morgan fingerprint density at radius 1 is 1.15 bits per heavy atom. The normalized spacial score (nSPS) is 14.4. The number of nitrogens with zero attached hydrogens (tertiary/aromatic N) is 4. The van der Waals surface area contributed by atoms with E-state index in [0.717, 1.165) is 5.56 Å². The number of ether oxygens (including phenoxy) is 2. The molecule has 0 saturated carbocycles. The van der Waals surface area contributed by atoms with Crippen molar-refractivity contribution in [3.8, 4) is 11.5 Å². The van der Waals surface area contributed by atoms with Crippen LogP contribution in [0.15, 0.2) is 42.7 Å². The fourth-order valence-electron chi connectivity index (χ4n) is 2.94. The van der Waals surface area contributed by atoms with E-state index in [-0.39, 0.29) is 12.5 Å². The van der Waals surface area contributed by atoms with Gasteiger partial charge >= 0.3 is 0 Å². The zero-order chi connectivity index (χ0) is 19.1. The average molecular weight is 368 g/mol. The van der Waals surface area contributed by atoms with Gasteiger partial charge in [0.15, 0.2) is 18.1 Å². The molecule has 1 fully saturated rings. The fourth-order valence-corrected chi connectivity index (χ4v) is 2.94. The fraction of sp³-hybridized carbons (Fsp3) is 0.350. The lowest BCUT2D eigenvalue weighted by molar-refractivity contribution is -0.133. The van der Waals surface area contributed by atoms with Gasteiger partial charge in [-0.15, -0.1) is 0 Å². The molecular formula is C20H24N4O3. The Hall–Kier alpha value is -3.09. The predicted molar refractivity (Wildman–Crippen MR) is 104 cm³/mol. The van der Waals surface area contributed by atoms with Gasteiger partial charge in [-0.3, -0.25) is 4.79 Å². The third-order valence-electron chi connectivity index (χ3n) is 4.37. The average Bonchev–Trinajstić information content (AvgIpc) is 2.73. The van der Waals surface area contributed by atoms with Crippen molar-refractivity contribution in [3.63, 3.8) is 0 Å². The Morgan fingerprint density at radius 3 is 2.56 bits per heavy atom. The van der Waals surface area contributed by atoms with E-state index in [0.29, 0.717) is 43.6 Å². The number of rotatable bonds is 6. The highest BCUT2D eigenvalue weighted by molar-refractivity contribution is 5.78. The van der Waals surface area contributed by atoms with Crippen LogP contribution in [0, 0.1) is 0 Å². The van der Waals surface area contributed by atoms with Crippen LogP contribution in [-0.4, -0.2) is 60.7 Å².